The van der Waals surface area contributed by atoms with Crippen LogP contribution in [0.3, 0.4) is 0 Å². The molecule has 1 aromatic carbocycles. The van der Waals surface area contributed by atoms with Crippen LogP contribution in [0.5, 0.6) is 0 Å². The van der Waals surface area contributed by atoms with Crippen LogP contribution in [0.1, 0.15) is 17.3 Å². The Labute approximate surface area is 117 Å². The lowest BCUT2D eigenvalue weighted by atomic mass is 10.2. The van der Waals surface area contributed by atoms with Gasteiger partial charge in [-0.2, -0.15) is 0 Å². The predicted octanol–water partition coefficient (Wildman–Crippen LogP) is 3.96. The van der Waals surface area contributed by atoms with Crippen molar-refractivity contribution in [1.29, 1.82) is 0 Å². The van der Waals surface area contributed by atoms with Gasteiger partial charge in [-0.15, -0.1) is 0 Å². The lowest BCUT2D eigenvalue weighted by molar-refractivity contribution is 0.0797. The highest BCUT2D eigenvalue weighted by Crippen LogP contribution is 2.23. The number of rotatable bonds is 3. The summed E-state index contributed by atoms with van der Waals surface area (Å²) in [6.45, 7) is 2.67. The van der Waals surface area contributed by atoms with Crippen LogP contribution < -0.4 is 0 Å². The van der Waals surface area contributed by atoms with E-state index in [1.165, 1.54) is 0 Å². The van der Waals surface area contributed by atoms with Gasteiger partial charge in [-0.05, 0) is 34.1 Å². The lowest BCUT2D eigenvalue weighted by Crippen LogP contribution is -2.31. The fourth-order valence-corrected chi connectivity index (χ4v) is 2.24. The van der Waals surface area contributed by atoms with Crippen LogP contribution in [0.15, 0.2) is 22.7 Å². The SMILES string of the molecule is CC(Br)CN(C)C(=O)c1ccc(Cl)c(Br)c1. The van der Waals surface area contributed by atoms with Gasteiger partial charge in [-0.3, -0.25) is 4.79 Å². The minimum Gasteiger partial charge on any atom is -0.341 e. The fraction of sp³-hybridized carbons (Fsp3) is 0.364. The molecule has 0 aromatic heterocycles. The van der Waals surface area contributed by atoms with Gasteiger partial charge in [0.1, 0.15) is 0 Å². The van der Waals surface area contributed by atoms with E-state index < -0.39 is 0 Å². The van der Waals surface area contributed by atoms with Crippen molar-refractivity contribution in [3.8, 4) is 0 Å². The zero-order valence-corrected chi connectivity index (χ0v) is 12.9. The maximum atomic E-state index is 12.0. The average Bonchev–Trinajstić information content (AvgIpc) is 2.20. The van der Waals surface area contributed by atoms with Crippen molar-refractivity contribution in [2.24, 2.45) is 0 Å². The average molecular weight is 369 g/mol. The van der Waals surface area contributed by atoms with E-state index in [1.54, 1.807) is 30.1 Å². The fourth-order valence-electron chi connectivity index (χ4n) is 1.31. The van der Waals surface area contributed by atoms with Gasteiger partial charge in [-0.25, -0.2) is 0 Å². The molecule has 0 saturated heterocycles. The van der Waals surface area contributed by atoms with E-state index >= 15 is 0 Å². The molecule has 1 amide bonds. The van der Waals surface area contributed by atoms with Crippen LogP contribution in [0.25, 0.3) is 0 Å². The van der Waals surface area contributed by atoms with E-state index in [0.717, 1.165) is 4.47 Å². The topological polar surface area (TPSA) is 20.3 Å². The molecule has 1 atom stereocenters. The summed E-state index contributed by atoms with van der Waals surface area (Å²) < 4.78 is 0.736. The summed E-state index contributed by atoms with van der Waals surface area (Å²) in [6, 6.07) is 5.18. The highest BCUT2D eigenvalue weighted by molar-refractivity contribution is 9.10. The van der Waals surface area contributed by atoms with Gasteiger partial charge in [0.15, 0.2) is 0 Å². The van der Waals surface area contributed by atoms with Gasteiger partial charge >= 0.3 is 0 Å². The standard InChI is InChI=1S/C11H12Br2ClNO/c1-7(12)6-15(2)11(16)8-3-4-10(14)9(13)5-8/h3-5,7H,6H2,1-2H3. The van der Waals surface area contributed by atoms with Crippen molar-refractivity contribution in [2.45, 2.75) is 11.8 Å². The van der Waals surface area contributed by atoms with Gasteiger partial charge < -0.3 is 4.90 Å². The number of nitrogens with zero attached hydrogens (tertiary/aromatic N) is 1. The van der Waals surface area contributed by atoms with Crippen molar-refractivity contribution in [3.05, 3.63) is 33.3 Å². The number of amides is 1. The first-order valence-corrected chi connectivity index (χ1v) is 6.85. The maximum Gasteiger partial charge on any atom is 0.253 e. The molecular weight excluding hydrogens is 357 g/mol. The first-order valence-electron chi connectivity index (χ1n) is 4.76. The molecule has 1 unspecified atom stereocenters. The smallest absolute Gasteiger partial charge is 0.253 e. The molecule has 1 rings (SSSR count). The Bertz CT molecular complexity index is 396. The van der Waals surface area contributed by atoms with Crippen molar-refractivity contribution in [3.63, 3.8) is 0 Å². The second-order valence-corrected chi connectivity index (χ2v) is 6.42. The number of carbonyl (C=O) groups excluding carboxylic acids is 1. The van der Waals surface area contributed by atoms with Gasteiger partial charge in [0.05, 0.1) is 5.02 Å². The van der Waals surface area contributed by atoms with E-state index in [4.69, 9.17) is 11.6 Å². The van der Waals surface area contributed by atoms with Crippen molar-refractivity contribution in [1.82, 2.24) is 4.90 Å². The van der Waals surface area contributed by atoms with Crippen molar-refractivity contribution < 1.29 is 4.79 Å². The van der Waals surface area contributed by atoms with E-state index in [-0.39, 0.29) is 10.7 Å². The molecule has 0 aliphatic carbocycles. The molecule has 2 nitrogen and oxygen atoms in total. The van der Waals surface area contributed by atoms with Gasteiger partial charge in [0.2, 0.25) is 0 Å². The molecule has 0 fully saturated rings. The molecule has 0 spiro atoms. The van der Waals surface area contributed by atoms with E-state index in [2.05, 4.69) is 31.9 Å². The Hall–Kier alpha value is -0.0600. The molecule has 16 heavy (non-hydrogen) atoms. The van der Waals surface area contributed by atoms with Crippen molar-refractivity contribution >= 4 is 49.4 Å². The summed E-state index contributed by atoms with van der Waals surface area (Å²) >= 11 is 12.6. The third-order valence-electron chi connectivity index (χ3n) is 2.04. The maximum absolute atomic E-state index is 12.0. The number of hydrogen-bond donors (Lipinski definition) is 0. The molecule has 0 heterocycles. The van der Waals surface area contributed by atoms with Crippen LogP contribution in [-0.4, -0.2) is 29.2 Å². The van der Waals surface area contributed by atoms with Crippen LogP contribution in [0.2, 0.25) is 5.02 Å². The monoisotopic (exact) mass is 367 g/mol. The molecule has 0 radical (unpaired) electrons. The third-order valence-corrected chi connectivity index (χ3v) is 3.54. The highest BCUT2D eigenvalue weighted by Gasteiger charge is 2.14. The number of benzene rings is 1. The quantitative estimate of drug-likeness (QED) is 0.739. The van der Waals surface area contributed by atoms with Crippen LogP contribution in [0, 0.1) is 0 Å². The molecule has 0 aliphatic rings. The Morgan fingerprint density at radius 2 is 2.19 bits per heavy atom. The molecule has 0 N–H and O–H groups in total. The molecule has 1 aromatic rings. The van der Waals surface area contributed by atoms with E-state index in [9.17, 15) is 4.79 Å². The Kier molecular flexibility index (Phi) is 5.28. The summed E-state index contributed by atoms with van der Waals surface area (Å²) in [5, 5.41) is 0.605. The summed E-state index contributed by atoms with van der Waals surface area (Å²) in [5.74, 6) is -0.0105. The molecular formula is C11H12Br2ClNO. The zero-order valence-electron chi connectivity index (χ0n) is 9.01. The molecule has 0 aliphatic heterocycles. The minimum absolute atomic E-state index is 0.0105. The second kappa shape index (κ2) is 6.03. The lowest BCUT2D eigenvalue weighted by Gasteiger charge is -2.18. The van der Waals surface area contributed by atoms with Crippen LogP contribution in [-0.2, 0) is 0 Å². The first-order chi connectivity index (χ1) is 7.41. The van der Waals surface area contributed by atoms with Gasteiger partial charge in [0, 0.05) is 28.5 Å². The minimum atomic E-state index is -0.0105. The summed E-state index contributed by atoms with van der Waals surface area (Å²) in [6.07, 6.45) is 0. The van der Waals surface area contributed by atoms with E-state index in [1.807, 2.05) is 6.92 Å². The van der Waals surface area contributed by atoms with Gasteiger partial charge in [-0.1, -0.05) is 34.5 Å². The number of carbonyl (C=O) groups is 1. The van der Waals surface area contributed by atoms with Gasteiger partial charge in [0.25, 0.3) is 5.91 Å². The summed E-state index contributed by atoms with van der Waals surface area (Å²) in [4.78, 5) is 13.9. The van der Waals surface area contributed by atoms with E-state index in [0.29, 0.717) is 17.1 Å². The number of alkyl halides is 1. The largest absolute Gasteiger partial charge is 0.341 e. The third kappa shape index (κ3) is 3.75. The normalized spacial score (nSPS) is 12.3. The predicted molar refractivity (Wildman–Crippen MR) is 74.5 cm³/mol. The molecule has 5 heteroatoms. The van der Waals surface area contributed by atoms with Crippen LogP contribution >= 0.6 is 43.5 Å². The van der Waals surface area contributed by atoms with Crippen LogP contribution in [0.4, 0.5) is 0 Å². The number of halogens is 3. The number of hydrogen-bond acceptors (Lipinski definition) is 1. The zero-order chi connectivity index (χ0) is 12.3. The molecule has 88 valence electrons. The Balaban J connectivity index is 2.84. The summed E-state index contributed by atoms with van der Waals surface area (Å²) in [5.41, 5.74) is 0.631. The second-order valence-electron chi connectivity index (χ2n) is 3.60. The highest BCUT2D eigenvalue weighted by atomic mass is 79.9. The Morgan fingerprint density at radius 3 is 2.69 bits per heavy atom. The first kappa shape index (κ1) is 14.0. The van der Waals surface area contributed by atoms with Crippen molar-refractivity contribution in [2.75, 3.05) is 13.6 Å². The molecule has 0 saturated carbocycles. The summed E-state index contributed by atoms with van der Waals surface area (Å²) in [7, 11) is 1.78. The Morgan fingerprint density at radius 1 is 1.56 bits per heavy atom. The molecule has 0 bridgehead atoms.